The lowest BCUT2D eigenvalue weighted by molar-refractivity contribution is 0.217. The fourth-order valence-corrected chi connectivity index (χ4v) is 3.93. The van der Waals surface area contributed by atoms with Gasteiger partial charge in [-0.15, -0.1) is 0 Å². The topological polar surface area (TPSA) is 15.3 Å². The van der Waals surface area contributed by atoms with E-state index in [4.69, 9.17) is 0 Å². The molecule has 1 aliphatic carbocycles. The second-order valence-corrected chi connectivity index (χ2v) is 7.62. The molecule has 1 unspecified atom stereocenters. The number of anilines is 2. The molecule has 2 nitrogen and oxygen atoms in total. The molecular weight excluding hydrogens is 256 g/mol. The van der Waals surface area contributed by atoms with Gasteiger partial charge >= 0.3 is 0 Å². The van der Waals surface area contributed by atoms with Crippen molar-refractivity contribution in [3.05, 3.63) is 23.8 Å². The molecule has 2 heteroatoms. The van der Waals surface area contributed by atoms with E-state index in [9.17, 15) is 0 Å². The van der Waals surface area contributed by atoms with Crippen LogP contribution in [0.5, 0.6) is 0 Å². The SMILES string of the molecule is Cc1cc(N2CCCC2)ccc1NC1CCCCC1(C)C. The van der Waals surface area contributed by atoms with Gasteiger partial charge in [-0.05, 0) is 61.8 Å². The molecule has 1 saturated heterocycles. The highest BCUT2D eigenvalue weighted by molar-refractivity contribution is 5.61. The van der Waals surface area contributed by atoms with E-state index in [1.165, 1.54) is 68.6 Å². The molecule has 0 spiro atoms. The number of hydrogen-bond donors (Lipinski definition) is 1. The average Bonchev–Trinajstić information content (AvgIpc) is 2.97. The van der Waals surface area contributed by atoms with Crippen molar-refractivity contribution in [2.75, 3.05) is 23.3 Å². The third kappa shape index (κ3) is 3.20. The largest absolute Gasteiger partial charge is 0.382 e. The summed E-state index contributed by atoms with van der Waals surface area (Å²) in [6.07, 6.45) is 8.09. The summed E-state index contributed by atoms with van der Waals surface area (Å²) >= 11 is 0. The number of nitrogens with zero attached hydrogens (tertiary/aromatic N) is 1. The van der Waals surface area contributed by atoms with Gasteiger partial charge in [0.1, 0.15) is 0 Å². The fraction of sp³-hybridized carbons (Fsp3) is 0.684. The van der Waals surface area contributed by atoms with Crippen LogP contribution in [-0.2, 0) is 0 Å². The van der Waals surface area contributed by atoms with E-state index < -0.39 is 0 Å². The van der Waals surface area contributed by atoms with Gasteiger partial charge in [0.2, 0.25) is 0 Å². The second kappa shape index (κ2) is 5.90. The van der Waals surface area contributed by atoms with Gasteiger partial charge in [-0.3, -0.25) is 0 Å². The highest BCUT2D eigenvalue weighted by Gasteiger charge is 2.32. The molecule has 1 N–H and O–H groups in total. The standard InChI is InChI=1S/C19H30N2/c1-15-14-16(21-12-6-7-13-21)9-10-17(15)20-18-8-4-5-11-19(18,2)3/h9-10,14,18,20H,4-8,11-13H2,1-3H3. The summed E-state index contributed by atoms with van der Waals surface area (Å²) in [7, 11) is 0. The highest BCUT2D eigenvalue weighted by atomic mass is 15.1. The van der Waals surface area contributed by atoms with Crippen molar-refractivity contribution in [2.45, 2.75) is 65.3 Å². The van der Waals surface area contributed by atoms with Crippen LogP contribution >= 0.6 is 0 Å². The molecule has 1 saturated carbocycles. The van der Waals surface area contributed by atoms with Gasteiger partial charge in [-0.25, -0.2) is 0 Å². The maximum absolute atomic E-state index is 3.84. The van der Waals surface area contributed by atoms with Crippen molar-refractivity contribution in [1.29, 1.82) is 0 Å². The van der Waals surface area contributed by atoms with Crippen LogP contribution in [-0.4, -0.2) is 19.1 Å². The van der Waals surface area contributed by atoms with E-state index in [0.29, 0.717) is 11.5 Å². The third-order valence-corrected chi connectivity index (χ3v) is 5.52. The second-order valence-electron chi connectivity index (χ2n) is 7.62. The van der Waals surface area contributed by atoms with E-state index >= 15 is 0 Å². The van der Waals surface area contributed by atoms with Crippen molar-refractivity contribution < 1.29 is 0 Å². The van der Waals surface area contributed by atoms with Crippen LogP contribution in [0.2, 0.25) is 0 Å². The maximum Gasteiger partial charge on any atom is 0.0373 e. The molecule has 2 aliphatic rings. The molecule has 0 amide bonds. The van der Waals surface area contributed by atoms with Crippen LogP contribution in [0.1, 0.15) is 57.9 Å². The maximum atomic E-state index is 3.84. The molecular formula is C19H30N2. The molecule has 116 valence electrons. The Labute approximate surface area is 129 Å². The van der Waals surface area contributed by atoms with Crippen molar-refractivity contribution in [3.63, 3.8) is 0 Å². The lowest BCUT2D eigenvalue weighted by Crippen LogP contribution is -2.39. The van der Waals surface area contributed by atoms with Crippen LogP contribution in [0.25, 0.3) is 0 Å². The van der Waals surface area contributed by atoms with E-state index in [-0.39, 0.29) is 0 Å². The first-order valence-electron chi connectivity index (χ1n) is 8.68. The van der Waals surface area contributed by atoms with E-state index in [2.05, 4.69) is 49.2 Å². The van der Waals surface area contributed by atoms with Crippen molar-refractivity contribution in [1.82, 2.24) is 0 Å². The summed E-state index contributed by atoms with van der Waals surface area (Å²) in [6, 6.07) is 7.58. The minimum absolute atomic E-state index is 0.415. The zero-order valence-electron chi connectivity index (χ0n) is 13.9. The van der Waals surface area contributed by atoms with Gasteiger partial charge in [0.25, 0.3) is 0 Å². The van der Waals surface area contributed by atoms with Gasteiger partial charge in [0.15, 0.2) is 0 Å². The summed E-state index contributed by atoms with van der Waals surface area (Å²) in [5.41, 5.74) is 4.54. The minimum atomic E-state index is 0.415. The first-order valence-corrected chi connectivity index (χ1v) is 8.68. The first kappa shape index (κ1) is 14.7. The quantitative estimate of drug-likeness (QED) is 0.843. The summed E-state index contributed by atoms with van der Waals surface area (Å²) in [4.78, 5) is 2.52. The Balaban J connectivity index is 1.73. The van der Waals surface area contributed by atoms with Crippen LogP contribution in [0.3, 0.4) is 0 Å². The Kier molecular flexibility index (Phi) is 4.14. The van der Waals surface area contributed by atoms with Gasteiger partial charge in [-0.1, -0.05) is 26.7 Å². The summed E-state index contributed by atoms with van der Waals surface area (Å²) in [5, 5.41) is 3.84. The van der Waals surface area contributed by atoms with E-state index in [1.807, 2.05) is 0 Å². The molecule has 3 rings (SSSR count). The summed E-state index contributed by atoms with van der Waals surface area (Å²) < 4.78 is 0. The van der Waals surface area contributed by atoms with Crippen LogP contribution in [0.15, 0.2) is 18.2 Å². The molecule has 0 aromatic heterocycles. The number of aryl methyl sites for hydroxylation is 1. The van der Waals surface area contributed by atoms with Gasteiger partial charge in [-0.2, -0.15) is 0 Å². The molecule has 21 heavy (non-hydrogen) atoms. The fourth-order valence-electron chi connectivity index (χ4n) is 3.93. The Morgan fingerprint density at radius 2 is 1.86 bits per heavy atom. The van der Waals surface area contributed by atoms with Crippen molar-refractivity contribution in [3.8, 4) is 0 Å². The number of benzene rings is 1. The molecule has 0 bridgehead atoms. The number of rotatable bonds is 3. The van der Waals surface area contributed by atoms with Crippen LogP contribution in [0.4, 0.5) is 11.4 Å². The predicted octanol–water partition coefficient (Wildman–Crippen LogP) is 4.98. The van der Waals surface area contributed by atoms with Gasteiger partial charge < -0.3 is 10.2 Å². The Morgan fingerprint density at radius 1 is 1.10 bits per heavy atom. The Bertz CT molecular complexity index is 486. The van der Waals surface area contributed by atoms with Crippen molar-refractivity contribution >= 4 is 11.4 Å². The monoisotopic (exact) mass is 286 g/mol. The van der Waals surface area contributed by atoms with Gasteiger partial charge in [0.05, 0.1) is 0 Å². The van der Waals surface area contributed by atoms with Crippen molar-refractivity contribution in [2.24, 2.45) is 5.41 Å². The lowest BCUT2D eigenvalue weighted by atomic mass is 9.73. The third-order valence-electron chi connectivity index (χ3n) is 5.52. The zero-order chi connectivity index (χ0) is 14.9. The summed E-state index contributed by atoms with van der Waals surface area (Å²) in [5.74, 6) is 0. The lowest BCUT2D eigenvalue weighted by Gasteiger charge is -2.40. The zero-order valence-corrected chi connectivity index (χ0v) is 13.9. The Morgan fingerprint density at radius 3 is 2.52 bits per heavy atom. The van der Waals surface area contributed by atoms with E-state index in [1.54, 1.807) is 0 Å². The smallest absolute Gasteiger partial charge is 0.0373 e. The summed E-state index contributed by atoms with van der Waals surface area (Å²) in [6.45, 7) is 9.52. The molecule has 1 heterocycles. The number of nitrogens with one attached hydrogen (secondary N) is 1. The highest BCUT2D eigenvalue weighted by Crippen LogP contribution is 2.38. The molecule has 1 aromatic rings. The Hall–Kier alpha value is -1.18. The molecule has 1 aromatic carbocycles. The average molecular weight is 286 g/mol. The first-order chi connectivity index (χ1) is 10.1. The predicted molar refractivity (Wildman–Crippen MR) is 92.3 cm³/mol. The minimum Gasteiger partial charge on any atom is -0.382 e. The molecule has 2 fully saturated rings. The van der Waals surface area contributed by atoms with Crippen LogP contribution < -0.4 is 10.2 Å². The molecule has 0 radical (unpaired) electrons. The van der Waals surface area contributed by atoms with Gasteiger partial charge in [0, 0.05) is 30.5 Å². The van der Waals surface area contributed by atoms with E-state index in [0.717, 1.165) is 0 Å². The van der Waals surface area contributed by atoms with Crippen LogP contribution in [0, 0.1) is 12.3 Å². The normalized spacial score (nSPS) is 25.1. The number of hydrogen-bond acceptors (Lipinski definition) is 2. The molecule has 1 aliphatic heterocycles. The molecule has 1 atom stereocenters.